The molecule has 0 aliphatic carbocycles. The number of methoxy groups -OCH3 is 1. The summed E-state index contributed by atoms with van der Waals surface area (Å²) >= 11 is 0. The number of carbonyl (C=O) groups is 2. The summed E-state index contributed by atoms with van der Waals surface area (Å²) < 4.78 is 12.1. The molecule has 1 heterocycles. The van der Waals surface area contributed by atoms with Crippen molar-refractivity contribution in [3.8, 4) is 11.5 Å². The third-order valence-electron chi connectivity index (χ3n) is 6.75. The standard InChI is InChI=1S/C23H36N2O7Si/c1-14(2)33(15(3)4,16(5)6)32-21-13-19(25(29)30)17(12-20(21)31-7)22(26)24-11-9-8-10-18(24)23(27)28/h12-16,18H,8-11H2,1-7H3,(H,27,28). The van der Waals surface area contributed by atoms with E-state index in [1.54, 1.807) is 0 Å². The van der Waals surface area contributed by atoms with Crippen LogP contribution in [-0.4, -0.2) is 54.8 Å². The maximum atomic E-state index is 13.3. The Hall–Kier alpha value is -2.62. The third-order valence-corrected chi connectivity index (χ3v) is 12.7. The maximum absolute atomic E-state index is 13.3. The van der Waals surface area contributed by atoms with E-state index in [-0.39, 0.29) is 40.2 Å². The Morgan fingerprint density at radius 3 is 2.12 bits per heavy atom. The van der Waals surface area contributed by atoms with Crippen LogP contribution < -0.4 is 9.16 Å². The Balaban J connectivity index is 2.62. The number of aliphatic carboxylic acids is 1. The second-order valence-corrected chi connectivity index (χ2v) is 14.9. The lowest BCUT2D eigenvalue weighted by molar-refractivity contribution is -0.385. The summed E-state index contributed by atoms with van der Waals surface area (Å²) in [6.45, 7) is 12.9. The van der Waals surface area contributed by atoms with Crippen LogP contribution in [0.2, 0.25) is 16.6 Å². The molecule has 1 aliphatic rings. The van der Waals surface area contributed by atoms with Crippen molar-refractivity contribution in [3.63, 3.8) is 0 Å². The zero-order valence-electron chi connectivity index (χ0n) is 20.6. The van der Waals surface area contributed by atoms with Gasteiger partial charge < -0.3 is 19.2 Å². The molecule has 1 atom stereocenters. The lowest BCUT2D eigenvalue weighted by Crippen LogP contribution is -2.50. The van der Waals surface area contributed by atoms with Crippen molar-refractivity contribution >= 4 is 25.9 Å². The number of rotatable bonds is 9. The summed E-state index contributed by atoms with van der Waals surface area (Å²) in [5, 5.41) is 21.5. The number of carboxylic acid groups (broad SMARTS) is 1. The minimum atomic E-state index is -2.45. The largest absolute Gasteiger partial charge is 0.540 e. The highest BCUT2D eigenvalue weighted by Gasteiger charge is 2.48. The molecular formula is C23H36N2O7Si. The van der Waals surface area contributed by atoms with Gasteiger partial charge in [0.1, 0.15) is 11.6 Å². The number of amides is 1. The van der Waals surface area contributed by atoms with Crippen LogP contribution in [0.25, 0.3) is 0 Å². The minimum Gasteiger partial charge on any atom is -0.540 e. The van der Waals surface area contributed by atoms with E-state index in [0.717, 1.165) is 0 Å². The van der Waals surface area contributed by atoms with E-state index < -0.39 is 36.8 Å². The van der Waals surface area contributed by atoms with Crippen LogP contribution in [0.4, 0.5) is 5.69 Å². The average molecular weight is 481 g/mol. The molecular weight excluding hydrogens is 444 g/mol. The fourth-order valence-electron chi connectivity index (χ4n) is 5.24. The van der Waals surface area contributed by atoms with Crippen LogP contribution in [0, 0.1) is 10.1 Å². The molecule has 1 saturated heterocycles. The van der Waals surface area contributed by atoms with E-state index in [1.165, 1.54) is 24.1 Å². The normalized spacial score (nSPS) is 16.9. The third kappa shape index (κ3) is 5.15. The van der Waals surface area contributed by atoms with Gasteiger partial charge in [-0.1, -0.05) is 41.5 Å². The number of carbonyl (C=O) groups excluding carboxylic acids is 1. The van der Waals surface area contributed by atoms with E-state index in [0.29, 0.717) is 19.3 Å². The molecule has 0 saturated carbocycles. The van der Waals surface area contributed by atoms with Crippen LogP contribution >= 0.6 is 0 Å². The average Bonchev–Trinajstić information content (AvgIpc) is 2.75. The molecule has 1 aromatic rings. The Morgan fingerprint density at radius 1 is 1.09 bits per heavy atom. The highest BCUT2D eigenvalue weighted by atomic mass is 28.4. The number of hydrogen-bond donors (Lipinski definition) is 1. The molecule has 184 valence electrons. The molecule has 0 spiro atoms. The van der Waals surface area contributed by atoms with Crippen LogP contribution in [0.3, 0.4) is 0 Å². The predicted octanol–water partition coefficient (Wildman–Crippen LogP) is 5.24. The molecule has 1 unspecified atom stereocenters. The van der Waals surface area contributed by atoms with Crippen molar-refractivity contribution in [1.29, 1.82) is 0 Å². The number of likely N-dealkylation sites (tertiary alicyclic amines) is 1. The van der Waals surface area contributed by atoms with Gasteiger partial charge in [0.2, 0.25) is 0 Å². The van der Waals surface area contributed by atoms with E-state index in [9.17, 15) is 24.8 Å². The summed E-state index contributed by atoms with van der Waals surface area (Å²) in [6.07, 6.45) is 1.65. The molecule has 10 heteroatoms. The topological polar surface area (TPSA) is 119 Å². The van der Waals surface area contributed by atoms with E-state index in [2.05, 4.69) is 41.5 Å². The highest BCUT2D eigenvalue weighted by molar-refractivity contribution is 6.78. The molecule has 2 rings (SSSR count). The Kier molecular flexibility index (Phi) is 8.50. The van der Waals surface area contributed by atoms with Gasteiger partial charge in [-0.15, -0.1) is 0 Å². The second-order valence-electron chi connectivity index (χ2n) is 9.55. The molecule has 33 heavy (non-hydrogen) atoms. The van der Waals surface area contributed by atoms with Crippen molar-refractivity contribution in [2.45, 2.75) is 83.5 Å². The van der Waals surface area contributed by atoms with Gasteiger partial charge in [-0.3, -0.25) is 14.9 Å². The van der Waals surface area contributed by atoms with Crippen molar-refractivity contribution in [3.05, 3.63) is 27.8 Å². The monoisotopic (exact) mass is 480 g/mol. The smallest absolute Gasteiger partial charge is 0.326 e. The Labute approximate surface area is 196 Å². The first kappa shape index (κ1) is 26.6. The first-order chi connectivity index (χ1) is 15.4. The van der Waals surface area contributed by atoms with Crippen LogP contribution in [0.15, 0.2) is 12.1 Å². The van der Waals surface area contributed by atoms with E-state index >= 15 is 0 Å². The number of nitro benzene ring substituents is 1. The molecule has 1 aliphatic heterocycles. The fraction of sp³-hybridized carbons (Fsp3) is 0.652. The number of ether oxygens (including phenoxy) is 1. The minimum absolute atomic E-state index is 0.191. The summed E-state index contributed by atoms with van der Waals surface area (Å²) in [5.41, 5.74) is 0.0830. The Morgan fingerprint density at radius 2 is 1.67 bits per heavy atom. The lowest BCUT2D eigenvalue weighted by atomic mass is 10.00. The number of carboxylic acids is 1. The highest BCUT2D eigenvalue weighted by Crippen LogP contribution is 2.46. The van der Waals surface area contributed by atoms with Gasteiger partial charge in [0.25, 0.3) is 19.9 Å². The number of nitrogens with zero attached hydrogens (tertiary/aromatic N) is 2. The van der Waals surface area contributed by atoms with Gasteiger partial charge in [-0.25, -0.2) is 4.79 Å². The van der Waals surface area contributed by atoms with Gasteiger partial charge in [0, 0.05) is 12.6 Å². The quantitative estimate of drug-likeness (QED) is 0.292. The summed E-state index contributed by atoms with van der Waals surface area (Å²) in [4.78, 5) is 37.5. The Bertz CT molecular complexity index is 879. The first-order valence-corrected chi connectivity index (χ1v) is 13.6. The summed E-state index contributed by atoms with van der Waals surface area (Å²) in [7, 11) is -1.03. The van der Waals surface area contributed by atoms with Crippen molar-refractivity contribution < 1.29 is 28.8 Å². The number of nitro groups is 1. The van der Waals surface area contributed by atoms with Crippen LogP contribution in [-0.2, 0) is 4.79 Å². The van der Waals surface area contributed by atoms with Gasteiger partial charge in [0.15, 0.2) is 11.5 Å². The van der Waals surface area contributed by atoms with Crippen molar-refractivity contribution in [2.75, 3.05) is 13.7 Å². The molecule has 9 nitrogen and oxygen atoms in total. The number of hydrogen-bond acceptors (Lipinski definition) is 6. The van der Waals surface area contributed by atoms with Crippen molar-refractivity contribution in [2.24, 2.45) is 0 Å². The van der Waals surface area contributed by atoms with Gasteiger partial charge in [-0.2, -0.15) is 0 Å². The van der Waals surface area contributed by atoms with Gasteiger partial charge in [0.05, 0.1) is 18.1 Å². The summed E-state index contributed by atoms with van der Waals surface area (Å²) in [5.74, 6) is -1.32. The molecule has 1 N–H and O–H groups in total. The SMILES string of the molecule is COc1cc(C(=O)N2CCCCC2C(=O)O)c([N+](=O)[O-])cc1O[Si](C(C)C)(C(C)C)C(C)C. The maximum Gasteiger partial charge on any atom is 0.326 e. The molecule has 0 aromatic heterocycles. The van der Waals surface area contributed by atoms with E-state index in [1.807, 2.05) is 0 Å². The predicted molar refractivity (Wildman–Crippen MR) is 128 cm³/mol. The number of piperidine rings is 1. The van der Waals surface area contributed by atoms with Gasteiger partial charge in [-0.05, 0) is 35.9 Å². The first-order valence-electron chi connectivity index (χ1n) is 11.5. The molecule has 1 amide bonds. The lowest BCUT2D eigenvalue weighted by Gasteiger charge is -2.42. The van der Waals surface area contributed by atoms with Crippen LogP contribution in [0.5, 0.6) is 11.5 Å². The van der Waals surface area contributed by atoms with E-state index in [4.69, 9.17) is 9.16 Å². The fourth-order valence-corrected chi connectivity index (χ4v) is 10.5. The zero-order chi connectivity index (χ0) is 25.1. The number of benzene rings is 1. The molecule has 1 aromatic carbocycles. The summed E-state index contributed by atoms with van der Waals surface area (Å²) in [6, 6.07) is 1.58. The second kappa shape index (κ2) is 10.5. The van der Waals surface area contributed by atoms with Gasteiger partial charge >= 0.3 is 5.97 Å². The van der Waals surface area contributed by atoms with Crippen LogP contribution in [0.1, 0.15) is 71.2 Å². The molecule has 0 radical (unpaired) electrons. The molecule has 0 bridgehead atoms. The molecule has 1 fully saturated rings. The zero-order valence-corrected chi connectivity index (χ0v) is 21.6. The van der Waals surface area contributed by atoms with Crippen molar-refractivity contribution in [1.82, 2.24) is 4.90 Å².